The van der Waals surface area contributed by atoms with Crippen LogP contribution in [0.4, 0.5) is 0 Å². The molecule has 7 heteroatoms. The molecule has 2 fully saturated rings. The molecule has 1 aliphatic heterocycles. The number of epoxide rings is 1. The molecule has 0 aromatic heterocycles. The maximum absolute atomic E-state index is 10.9. The van der Waals surface area contributed by atoms with Crippen molar-refractivity contribution in [1.29, 1.82) is 0 Å². The van der Waals surface area contributed by atoms with Gasteiger partial charge in [-0.05, 0) is 6.42 Å². The Morgan fingerprint density at radius 2 is 1.75 bits per heavy atom. The van der Waals surface area contributed by atoms with Crippen molar-refractivity contribution in [2.75, 3.05) is 14.2 Å². The Morgan fingerprint density at radius 1 is 1.12 bits per heavy atom. The molecular formula is C17H28O7. The second kappa shape index (κ2) is 9.15. The molecule has 2 N–H and O–H groups in total. The number of aliphatic hydroxyl groups excluding tert-OH is 2. The summed E-state index contributed by atoms with van der Waals surface area (Å²) in [5.41, 5.74) is 0. The van der Waals surface area contributed by atoms with E-state index in [9.17, 15) is 19.8 Å². The van der Waals surface area contributed by atoms with Crippen molar-refractivity contribution in [2.24, 2.45) is 11.8 Å². The van der Waals surface area contributed by atoms with Gasteiger partial charge in [-0.15, -0.1) is 0 Å². The van der Waals surface area contributed by atoms with Crippen LogP contribution < -0.4 is 0 Å². The van der Waals surface area contributed by atoms with Gasteiger partial charge >= 0.3 is 11.9 Å². The molecule has 0 aromatic carbocycles. The summed E-state index contributed by atoms with van der Waals surface area (Å²) in [5, 5.41) is 18.7. The molecule has 6 atom stereocenters. The standard InChI is InChI=1S/C8H12O4.C8H12O3.CH4/c1-11-7(10)2-4-5(9)3-6-8(4)12-6;1-11-8(10)5-6-3-2-4-7(6)9;/h4-6,8-9H,2-3H2,1H3;2-3,6-7,9H,4-5H2,1H3;1H4/t4-,5+,6-,8+;6-,7+;/m00./s1. The predicted molar refractivity (Wildman–Crippen MR) is 86.0 cm³/mol. The summed E-state index contributed by atoms with van der Waals surface area (Å²) in [4.78, 5) is 21.6. The van der Waals surface area contributed by atoms with Crippen molar-refractivity contribution < 1.29 is 34.0 Å². The average Bonchev–Trinajstić information content (AvgIpc) is 3.07. The highest BCUT2D eigenvalue weighted by molar-refractivity contribution is 5.70. The van der Waals surface area contributed by atoms with E-state index < -0.39 is 6.10 Å². The quantitative estimate of drug-likeness (QED) is 0.442. The molecule has 0 bridgehead atoms. The van der Waals surface area contributed by atoms with Crippen LogP contribution >= 0.6 is 0 Å². The van der Waals surface area contributed by atoms with E-state index in [0.29, 0.717) is 12.8 Å². The minimum absolute atomic E-state index is 0. The van der Waals surface area contributed by atoms with Crippen LogP contribution in [0.1, 0.15) is 33.1 Å². The zero-order valence-corrected chi connectivity index (χ0v) is 13.4. The number of hydrogen-bond acceptors (Lipinski definition) is 7. The Bertz CT molecular complexity index is 460. The van der Waals surface area contributed by atoms with E-state index >= 15 is 0 Å². The number of carbonyl (C=O) groups is 2. The van der Waals surface area contributed by atoms with Crippen LogP contribution in [0.15, 0.2) is 12.2 Å². The van der Waals surface area contributed by atoms with E-state index in [1.807, 2.05) is 12.2 Å². The summed E-state index contributed by atoms with van der Waals surface area (Å²) in [5.74, 6) is -0.610. The van der Waals surface area contributed by atoms with Gasteiger partial charge in [0.05, 0.1) is 51.5 Å². The molecule has 0 amide bonds. The van der Waals surface area contributed by atoms with Gasteiger partial charge in [0.25, 0.3) is 0 Å². The molecule has 0 unspecified atom stereocenters. The Labute approximate surface area is 142 Å². The Balaban J connectivity index is 0.000000232. The first-order chi connectivity index (χ1) is 11.0. The Kier molecular flexibility index (Phi) is 7.86. The number of methoxy groups -OCH3 is 2. The highest BCUT2D eigenvalue weighted by Gasteiger charge is 2.55. The first-order valence-electron chi connectivity index (χ1n) is 7.78. The number of esters is 2. The summed E-state index contributed by atoms with van der Waals surface area (Å²) in [6, 6.07) is 0. The van der Waals surface area contributed by atoms with Gasteiger partial charge in [0.15, 0.2) is 0 Å². The minimum Gasteiger partial charge on any atom is -0.469 e. The molecule has 0 radical (unpaired) electrons. The summed E-state index contributed by atoms with van der Waals surface area (Å²) in [6.07, 6.45) is 5.18. The number of carbonyl (C=O) groups excluding carboxylic acids is 2. The molecule has 24 heavy (non-hydrogen) atoms. The normalized spacial score (nSPS) is 35.2. The molecule has 1 heterocycles. The number of ether oxygens (including phenoxy) is 3. The summed E-state index contributed by atoms with van der Waals surface area (Å²) >= 11 is 0. The van der Waals surface area contributed by atoms with E-state index in [1.165, 1.54) is 14.2 Å². The molecule has 1 saturated heterocycles. The molecule has 138 valence electrons. The van der Waals surface area contributed by atoms with Crippen molar-refractivity contribution in [1.82, 2.24) is 0 Å². The maximum atomic E-state index is 10.9. The topological polar surface area (TPSA) is 106 Å². The lowest BCUT2D eigenvalue weighted by molar-refractivity contribution is -0.143. The number of rotatable bonds is 4. The van der Waals surface area contributed by atoms with Crippen LogP contribution in [-0.2, 0) is 23.8 Å². The molecule has 0 spiro atoms. The van der Waals surface area contributed by atoms with Crippen molar-refractivity contribution in [3.05, 3.63) is 12.2 Å². The van der Waals surface area contributed by atoms with Gasteiger partial charge in [0.2, 0.25) is 0 Å². The van der Waals surface area contributed by atoms with E-state index in [4.69, 9.17) is 4.74 Å². The minimum atomic E-state index is -0.394. The zero-order valence-electron chi connectivity index (χ0n) is 13.4. The van der Waals surface area contributed by atoms with E-state index in [1.54, 1.807) is 0 Å². The molecule has 3 rings (SSSR count). The van der Waals surface area contributed by atoms with Gasteiger partial charge < -0.3 is 24.4 Å². The Hall–Kier alpha value is -1.44. The largest absolute Gasteiger partial charge is 0.469 e. The zero-order chi connectivity index (χ0) is 17.0. The highest BCUT2D eigenvalue weighted by Crippen LogP contribution is 2.44. The second-order valence-electron chi connectivity index (χ2n) is 6.06. The SMILES string of the molecule is C.COC(=O)C[C@@H]1C=CC[C@H]1O.COC(=O)C[C@@H]1[C@H]2O[C@H]2C[C@H]1O. The van der Waals surface area contributed by atoms with Crippen LogP contribution in [0.5, 0.6) is 0 Å². The third kappa shape index (κ3) is 5.29. The van der Waals surface area contributed by atoms with Crippen molar-refractivity contribution >= 4 is 11.9 Å². The smallest absolute Gasteiger partial charge is 0.306 e. The monoisotopic (exact) mass is 344 g/mol. The molecule has 2 aliphatic carbocycles. The molecule has 1 saturated carbocycles. The highest BCUT2D eigenvalue weighted by atomic mass is 16.6. The fraction of sp³-hybridized carbons (Fsp3) is 0.765. The van der Waals surface area contributed by atoms with E-state index in [2.05, 4.69) is 9.47 Å². The molecule has 0 aromatic rings. The number of aliphatic hydroxyl groups is 2. The van der Waals surface area contributed by atoms with E-state index in [0.717, 1.165) is 0 Å². The van der Waals surface area contributed by atoms with Gasteiger partial charge in [-0.25, -0.2) is 0 Å². The number of fused-ring (bicyclic) bond motifs is 1. The van der Waals surface area contributed by atoms with Crippen LogP contribution in [-0.4, -0.2) is 60.8 Å². The molecule has 7 nitrogen and oxygen atoms in total. The van der Waals surface area contributed by atoms with Crippen LogP contribution in [0.25, 0.3) is 0 Å². The maximum Gasteiger partial charge on any atom is 0.306 e. The summed E-state index contributed by atoms with van der Waals surface area (Å²) in [6.45, 7) is 0. The third-order valence-electron chi connectivity index (χ3n) is 4.53. The van der Waals surface area contributed by atoms with Crippen molar-refractivity contribution in [2.45, 2.75) is 57.5 Å². The van der Waals surface area contributed by atoms with Crippen molar-refractivity contribution in [3.8, 4) is 0 Å². The first-order valence-corrected chi connectivity index (χ1v) is 7.78. The first kappa shape index (κ1) is 20.6. The predicted octanol–water partition coefficient (Wildman–Crippen LogP) is 0.820. The second-order valence-corrected chi connectivity index (χ2v) is 6.06. The van der Waals surface area contributed by atoms with Gasteiger partial charge in [-0.2, -0.15) is 0 Å². The average molecular weight is 344 g/mol. The Morgan fingerprint density at radius 3 is 2.21 bits per heavy atom. The van der Waals surface area contributed by atoms with Gasteiger partial charge in [-0.3, -0.25) is 9.59 Å². The van der Waals surface area contributed by atoms with Crippen molar-refractivity contribution in [3.63, 3.8) is 0 Å². The lowest BCUT2D eigenvalue weighted by Gasteiger charge is -2.14. The van der Waals surface area contributed by atoms with Gasteiger partial charge in [-0.1, -0.05) is 19.6 Å². The van der Waals surface area contributed by atoms with E-state index in [-0.39, 0.29) is 62.4 Å². The fourth-order valence-corrected chi connectivity index (χ4v) is 3.06. The third-order valence-corrected chi connectivity index (χ3v) is 4.53. The van der Waals surface area contributed by atoms with Gasteiger partial charge in [0.1, 0.15) is 0 Å². The summed E-state index contributed by atoms with van der Waals surface area (Å²) in [7, 11) is 2.71. The summed E-state index contributed by atoms with van der Waals surface area (Å²) < 4.78 is 14.2. The van der Waals surface area contributed by atoms with Crippen LogP contribution in [0.2, 0.25) is 0 Å². The van der Waals surface area contributed by atoms with Crippen LogP contribution in [0.3, 0.4) is 0 Å². The van der Waals surface area contributed by atoms with Crippen LogP contribution in [0, 0.1) is 11.8 Å². The molecule has 3 aliphatic rings. The van der Waals surface area contributed by atoms with Gasteiger partial charge in [0, 0.05) is 18.3 Å². The lowest BCUT2D eigenvalue weighted by atomic mass is 10.0. The number of hydrogen-bond donors (Lipinski definition) is 2. The fourth-order valence-electron chi connectivity index (χ4n) is 3.06. The molecular weight excluding hydrogens is 316 g/mol. The lowest BCUT2D eigenvalue weighted by Crippen LogP contribution is -2.23.